The predicted octanol–water partition coefficient (Wildman–Crippen LogP) is 1.30. The average molecular weight is 318 g/mol. The summed E-state index contributed by atoms with van der Waals surface area (Å²) in [7, 11) is -2.19. The number of nitrogens with zero attached hydrogens (tertiary/aromatic N) is 1. The molecule has 0 aromatic carbocycles. The fraction of sp³-hybridized carbons (Fsp3) is 0.615. The molecule has 1 heterocycles. The molecule has 1 atom stereocenters. The maximum absolute atomic E-state index is 12.2. The van der Waals surface area contributed by atoms with Crippen molar-refractivity contribution in [2.24, 2.45) is 0 Å². The second-order valence-corrected chi connectivity index (χ2v) is 6.58. The highest BCUT2D eigenvalue weighted by molar-refractivity contribution is 7.89. The van der Waals surface area contributed by atoms with Gasteiger partial charge in [0.15, 0.2) is 0 Å². The summed E-state index contributed by atoms with van der Waals surface area (Å²) in [6.45, 7) is 4.53. The SMILES string of the molecule is CCCn1cc(S(=O)(=O)NC(C)CCOC)cc1C(=O)O. The number of carboxylic acid groups (broad SMARTS) is 1. The molecule has 0 saturated carbocycles. The van der Waals surface area contributed by atoms with E-state index < -0.39 is 16.0 Å². The normalized spacial score (nSPS) is 13.3. The van der Waals surface area contributed by atoms with Crippen LogP contribution in [0.2, 0.25) is 0 Å². The summed E-state index contributed by atoms with van der Waals surface area (Å²) in [4.78, 5) is 11.1. The molecule has 0 aliphatic rings. The van der Waals surface area contributed by atoms with Crippen LogP contribution in [0.5, 0.6) is 0 Å². The molecule has 21 heavy (non-hydrogen) atoms. The molecular formula is C13H22N2O5S. The number of rotatable bonds is 9. The first-order chi connectivity index (χ1) is 9.81. The number of carbonyl (C=O) groups is 1. The molecule has 2 N–H and O–H groups in total. The maximum atomic E-state index is 12.2. The van der Waals surface area contributed by atoms with Gasteiger partial charge in [-0.2, -0.15) is 0 Å². The highest BCUT2D eigenvalue weighted by Gasteiger charge is 2.22. The van der Waals surface area contributed by atoms with Crippen LogP contribution in [0, 0.1) is 0 Å². The molecule has 1 rings (SSSR count). The van der Waals surface area contributed by atoms with Gasteiger partial charge in [-0.3, -0.25) is 0 Å². The van der Waals surface area contributed by atoms with Crippen molar-refractivity contribution in [2.75, 3.05) is 13.7 Å². The molecule has 1 aromatic rings. The Bertz CT molecular complexity index is 579. The summed E-state index contributed by atoms with van der Waals surface area (Å²) in [6, 6.07) is 0.890. The zero-order chi connectivity index (χ0) is 16.0. The molecule has 0 aliphatic carbocycles. The minimum Gasteiger partial charge on any atom is -0.477 e. The van der Waals surface area contributed by atoms with Gasteiger partial charge < -0.3 is 14.4 Å². The zero-order valence-electron chi connectivity index (χ0n) is 12.5. The van der Waals surface area contributed by atoms with Crippen LogP contribution in [0.1, 0.15) is 37.2 Å². The number of ether oxygens (including phenoxy) is 1. The Morgan fingerprint density at radius 2 is 2.19 bits per heavy atom. The highest BCUT2D eigenvalue weighted by Crippen LogP contribution is 2.16. The molecule has 0 amide bonds. The Morgan fingerprint density at radius 1 is 1.52 bits per heavy atom. The van der Waals surface area contributed by atoms with E-state index in [1.54, 1.807) is 14.0 Å². The summed E-state index contributed by atoms with van der Waals surface area (Å²) < 4.78 is 33.3. The summed E-state index contributed by atoms with van der Waals surface area (Å²) in [6.07, 6.45) is 2.61. The van der Waals surface area contributed by atoms with Gasteiger partial charge in [0.25, 0.3) is 0 Å². The third-order valence-corrected chi connectivity index (χ3v) is 4.53. The van der Waals surface area contributed by atoms with E-state index in [1.165, 1.54) is 16.8 Å². The van der Waals surface area contributed by atoms with Crippen molar-refractivity contribution in [3.63, 3.8) is 0 Å². The number of aromatic carboxylic acids is 1. The Morgan fingerprint density at radius 3 is 2.71 bits per heavy atom. The van der Waals surface area contributed by atoms with Gasteiger partial charge in [0.1, 0.15) is 10.6 Å². The summed E-state index contributed by atoms with van der Waals surface area (Å²) in [5, 5.41) is 9.12. The molecular weight excluding hydrogens is 296 g/mol. The van der Waals surface area contributed by atoms with Gasteiger partial charge in [0.05, 0.1) is 0 Å². The average Bonchev–Trinajstić information content (AvgIpc) is 2.81. The Balaban J connectivity index is 2.97. The lowest BCUT2D eigenvalue weighted by Gasteiger charge is -2.12. The second-order valence-electron chi connectivity index (χ2n) is 4.86. The van der Waals surface area contributed by atoms with E-state index in [4.69, 9.17) is 9.84 Å². The quantitative estimate of drug-likeness (QED) is 0.715. The summed E-state index contributed by atoms with van der Waals surface area (Å²) in [5.41, 5.74) is -0.0261. The van der Waals surface area contributed by atoms with Gasteiger partial charge in [-0.15, -0.1) is 0 Å². The summed E-state index contributed by atoms with van der Waals surface area (Å²) >= 11 is 0. The molecule has 1 unspecified atom stereocenters. The molecule has 1 aromatic heterocycles. The van der Waals surface area contributed by atoms with Gasteiger partial charge >= 0.3 is 5.97 Å². The van der Waals surface area contributed by atoms with Crippen LogP contribution in [0.15, 0.2) is 17.2 Å². The lowest BCUT2D eigenvalue weighted by atomic mass is 10.3. The van der Waals surface area contributed by atoms with E-state index in [2.05, 4.69) is 4.72 Å². The van der Waals surface area contributed by atoms with Crippen LogP contribution in [0.25, 0.3) is 0 Å². The molecule has 0 fully saturated rings. The van der Waals surface area contributed by atoms with E-state index in [0.717, 1.165) is 0 Å². The smallest absolute Gasteiger partial charge is 0.352 e. The zero-order valence-corrected chi connectivity index (χ0v) is 13.3. The van der Waals surface area contributed by atoms with Gasteiger partial charge in [-0.1, -0.05) is 6.92 Å². The lowest BCUT2D eigenvalue weighted by Crippen LogP contribution is -2.33. The third-order valence-electron chi connectivity index (χ3n) is 2.98. The van der Waals surface area contributed by atoms with Crippen LogP contribution < -0.4 is 4.72 Å². The Hall–Kier alpha value is -1.38. The fourth-order valence-corrected chi connectivity index (χ4v) is 3.24. The number of carboxylic acids is 1. The lowest BCUT2D eigenvalue weighted by molar-refractivity contribution is 0.0685. The first kappa shape index (κ1) is 17.7. The number of hydrogen-bond donors (Lipinski definition) is 2. The first-order valence-electron chi connectivity index (χ1n) is 6.76. The minimum absolute atomic E-state index is 0.0261. The molecule has 0 aliphatic heterocycles. The van der Waals surface area contributed by atoms with Crippen molar-refractivity contribution < 1.29 is 23.1 Å². The van der Waals surface area contributed by atoms with Crippen LogP contribution in [-0.4, -0.2) is 43.8 Å². The highest BCUT2D eigenvalue weighted by atomic mass is 32.2. The van der Waals surface area contributed by atoms with Gasteiger partial charge in [-0.05, 0) is 25.8 Å². The molecule has 0 bridgehead atoms. The van der Waals surface area contributed by atoms with Crippen LogP contribution in [0.3, 0.4) is 0 Å². The van der Waals surface area contributed by atoms with Gasteiger partial charge in [0, 0.05) is 32.5 Å². The van der Waals surface area contributed by atoms with Crippen LogP contribution in [0.4, 0.5) is 0 Å². The topological polar surface area (TPSA) is 97.6 Å². The fourth-order valence-electron chi connectivity index (χ4n) is 1.92. The largest absolute Gasteiger partial charge is 0.477 e. The van der Waals surface area contributed by atoms with E-state index in [9.17, 15) is 13.2 Å². The first-order valence-corrected chi connectivity index (χ1v) is 8.24. The molecule has 7 nitrogen and oxygen atoms in total. The van der Waals surface area contributed by atoms with Gasteiger partial charge in [-0.25, -0.2) is 17.9 Å². The van der Waals surface area contributed by atoms with Crippen molar-refractivity contribution in [1.82, 2.24) is 9.29 Å². The molecule has 120 valence electrons. The van der Waals surface area contributed by atoms with Crippen molar-refractivity contribution >= 4 is 16.0 Å². The molecule has 0 saturated heterocycles. The van der Waals surface area contributed by atoms with Crippen molar-refractivity contribution in [2.45, 2.75) is 44.2 Å². The Kier molecular flexibility index (Phi) is 6.38. The molecule has 0 radical (unpaired) electrons. The third kappa shape index (κ3) is 4.83. The number of nitrogens with one attached hydrogen (secondary N) is 1. The van der Waals surface area contributed by atoms with E-state index in [0.29, 0.717) is 26.0 Å². The van der Waals surface area contributed by atoms with Crippen molar-refractivity contribution in [3.05, 3.63) is 18.0 Å². The standard InChI is InChI=1S/C13H22N2O5S/c1-4-6-15-9-11(8-12(15)13(16)17)21(18,19)14-10(2)5-7-20-3/h8-10,14H,4-7H2,1-3H3,(H,16,17). The van der Waals surface area contributed by atoms with E-state index in [-0.39, 0.29) is 16.6 Å². The number of aromatic nitrogens is 1. The van der Waals surface area contributed by atoms with Gasteiger partial charge in [0.2, 0.25) is 10.0 Å². The van der Waals surface area contributed by atoms with Crippen LogP contribution >= 0.6 is 0 Å². The van der Waals surface area contributed by atoms with E-state index >= 15 is 0 Å². The number of methoxy groups -OCH3 is 1. The number of hydrogen-bond acceptors (Lipinski definition) is 4. The molecule has 8 heteroatoms. The van der Waals surface area contributed by atoms with Crippen molar-refractivity contribution in [1.29, 1.82) is 0 Å². The Labute approximate surface area is 125 Å². The second kappa shape index (κ2) is 7.58. The number of sulfonamides is 1. The van der Waals surface area contributed by atoms with Crippen LogP contribution in [-0.2, 0) is 21.3 Å². The van der Waals surface area contributed by atoms with E-state index in [1.807, 2.05) is 6.92 Å². The maximum Gasteiger partial charge on any atom is 0.352 e. The summed E-state index contributed by atoms with van der Waals surface area (Å²) in [5.74, 6) is -1.14. The minimum atomic E-state index is -3.73. The van der Waals surface area contributed by atoms with Crippen molar-refractivity contribution in [3.8, 4) is 0 Å². The number of aryl methyl sites for hydroxylation is 1. The molecule has 0 spiro atoms. The predicted molar refractivity (Wildman–Crippen MR) is 78.0 cm³/mol. The monoisotopic (exact) mass is 318 g/mol.